The van der Waals surface area contributed by atoms with E-state index in [2.05, 4.69) is 70.7 Å². The number of hydrogen-bond acceptors (Lipinski definition) is 5. The van der Waals surface area contributed by atoms with Crippen LogP contribution in [-0.4, -0.2) is 63.9 Å². The van der Waals surface area contributed by atoms with Crippen LogP contribution >= 0.6 is 0 Å². The van der Waals surface area contributed by atoms with Crippen LogP contribution < -0.4 is 11.1 Å². The Morgan fingerprint density at radius 1 is 0.975 bits per heavy atom. The molecule has 1 aromatic heterocycles. The van der Waals surface area contributed by atoms with Crippen molar-refractivity contribution in [2.75, 3.05) is 13.1 Å². The summed E-state index contributed by atoms with van der Waals surface area (Å²) >= 11 is 0. The van der Waals surface area contributed by atoms with Crippen molar-refractivity contribution in [1.82, 2.24) is 20.1 Å². The molecule has 2 fully saturated rings. The molecule has 2 unspecified atom stereocenters. The lowest BCUT2D eigenvalue weighted by molar-refractivity contribution is -0.125. The van der Waals surface area contributed by atoms with Crippen LogP contribution in [0.5, 0.6) is 0 Å². The van der Waals surface area contributed by atoms with E-state index in [1.165, 1.54) is 16.7 Å². The minimum atomic E-state index is -0.523. The number of hydrogen-bond donors (Lipinski definition) is 2. The van der Waals surface area contributed by atoms with Gasteiger partial charge >= 0.3 is 0 Å². The third kappa shape index (κ3) is 7.14. The molecule has 2 aliphatic rings. The zero-order chi connectivity index (χ0) is 27.9. The molecule has 2 aromatic carbocycles. The summed E-state index contributed by atoms with van der Waals surface area (Å²) in [5.41, 5.74) is 10.3. The number of carbonyl (C=O) groups is 2. The number of aromatic nitrogens is 1. The normalized spacial score (nSPS) is 22.8. The number of nitrogens with one attached hydrogen (secondary N) is 1. The number of aryl methyl sites for hydroxylation is 1. The molecule has 2 atom stereocenters. The Kier molecular flexibility index (Phi) is 9.24. The molecule has 40 heavy (non-hydrogen) atoms. The number of carbonyl (C=O) groups excluding carboxylic acids is 2. The van der Waals surface area contributed by atoms with Crippen molar-refractivity contribution in [3.8, 4) is 0 Å². The summed E-state index contributed by atoms with van der Waals surface area (Å²) in [5, 5.41) is 3.27. The first-order valence-corrected chi connectivity index (χ1v) is 14.6. The number of rotatable bonds is 9. The molecule has 2 amide bonds. The highest BCUT2D eigenvalue weighted by molar-refractivity contribution is 5.97. The van der Waals surface area contributed by atoms with E-state index in [4.69, 9.17) is 5.73 Å². The van der Waals surface area contributed by atoms with E-state index < -0.39 is 6.04 Å². The average molecular weight is 540 g/mol. The summed E-state index contributed by atoms with van der Waals surface area (Å²) in [7, 11) is 0. The summed E-state index contributed by atoms with van der Waals surface area (Å²) in [6, 6.07) is 22.5. The van der Waals surface area contributed by atoms with Crippen molar-refractivity contribution in [1.29, 1.82) is 0 Å². The second-order valence-corrected chi connectivity index (χ2v) is 11.4. The van der Waals surface area contributed by atoms with E-state index >= 15 is 0 Å². The first-order valence-electron chi connectivity index (χ1n) is 14.6. The maximum Gasteiger partial charge on any atom is 0.256 e. The van der Waals surface area contributed by atoms with Crippen LogP contribution in [0.2, 0.25) is 0 Å². The molecule has 3 aromatic rings. The topological polar surface area (TPSA) is 91.6 Å². The molecule has 2 heterocycles. The van der Waals surface area contributed by atoms with Crippen LogP contribution in [0.1, 0.15) is 59.2 Å². The van der Waals surface area contributed by atoms with Gasteiger partial charge in [-0.25, -0.2) is 0 Å². The Morgan fingerprint density at radius 2 is 1.73 bits per heavy atom. The van der Waals surface area contributed by atoms with Gasteiger partial charge in [0.1, 0.15) is 6.04 Å². The lowest BCUT2D eigenvalue weighted by Gasteiger charge is -2.30. The minimum Gasteiger partial charge on any atom is -0.352 e. The number of benzene rings is 2. The van der Waals surface area contributed by atoms with Gasteiger partial charge < -0.3 is 16.0 Å². The first kappa shape index (κ1) is 28.0. The van der Waals surface area contributed by atoms with Crippen LogP contribution in [0.4, 0.5) is 0 Å². The van der Waals surface area contributed by atoms with Gasteiger partial charge in [-0.15, -0.1) is 0 Å². The number of nitrogens with zero attached hydrogens (tertiary/aromatic N) is 3. The van der Waals surface area contributed by atoms with Crippen molar-refractivity contribution >= 4 is 11.8 Å². The van der Waals surface area contributed by atoms with Crippen LogP contribution in [-0.2, 0) is 17.8 Å². The van der Waals surface area contributed by atoms with Gasteiger partial charge in [0.25, 0.3) is 5.91 Å². The highest BCUT2D eigenvalue weighted by Crippen LogP contribution is 2.27. The SMILES string of the molecule is Cc1ccc(CN(CCc2ccccc2)C2CC(C(=O)NC3CCC(N)CC3)N(C(=O)c3cccnc3)C2)cc1. The van der Waals surface area contributed by atoms with Crippen LogP contribution in [0.25, 0.3) is 0 Å². The van der Waals surface area contributed by atoms with Crippen molar-refractivity contribution < 1.29 is 9.59 Å². The van der Waals surface area contributed by atoms with Gasteiger partial charge in [-0.05, 0) is 68.7 Å². The monoisotopic (exact) mass is 539 g/mol. The van der Waals surface area contributed by atoms with E-state index in [0.717, 1.165) is 45.2 Å². The highest BCUT2D eigenvalue weighted by atomic mass is 16.2. The third-order valence-electron chi connectivity index (χ3n) is 8.42. The van der Waals surface area contributed by atoms with Gasteiger partial charge in [0.05, 0.1) is 5.56 Å². The maximum atomic E-state index is 13.7. The molecule has 1 saturated carbocycles. The number of likely N-dealkylation sites (tertiary alicyclic amines) is 1. The van der Waals surface area contributed by atoms with Gasteiger partial charge in [-0.1, -0.05) is 60.2 Å². The summed E-state index contributed by atoms with van der Waals surface area (Å²) in [5.74, 6) is -0.196. The van der Waals surface area contributed by atoms with E-state index in [-0.39, 0.29) is 29.9 Å². The lowest BCUT2D eigenvalue weighted by Crippen LogP contribution is -2.50. The first-order chi connectivity index (χ1) is 19.5. The Morgan fingerprint density at radius 3 is 2.42 bits per heavy atom. The molecule has 1 aliphatic carbocycles. The largest absolute Gasteiger partial charge is 0.352 e. The van der Waals surface area contributed by atoms with Crippen LogP contribution in [0.3, 0.4) is 0 Å². The number of amides is 2. The third-order valence-corrected chi connectivity index (χ3v) is 8.42. The molecule has 210 valence electrons. The van der Waals surface area contributed by atoms with Crippen molar-refractivity contribution in [2.24, 2.45) is 5.73 Å². The molecule has 0 bridgehead atoms. The Balaban J connectivity index is 1.37. The Hall–Kier alpha value is -3.55. The summed E-state index contributed by atoms with van der Waals surface area (Å²) < 4.78 is 0. The lowest BCUT2D eigenvalue weighted by atomic mass is 9.91. The smallest absolute Gasteiger partial charge is 0.256 e. The molecule has 3 N–H and O–H groups in total. The van der Waals surface area contributed by atoms with Crippen molar-refractivity contribution in [2.45, 2.75) is 76.2 Å². The van der Waals surface area contributed by atoms with E-state index in [9.17, 15) is 9.59 Å². The summed E-state index contributed by atoms with van der Waals surface area (Å²) in [4.78, 5) is 35.8. The van der Waals surface area contributed by atoms with Crippen LogP contribution in [0.15, 0.2) is 79.1 Å². The molecule has 7 nitrogen and oxygen atoms in total. The molecule has 0 radical (unpaired) electrons. The molecule has 5 rings (SSSR count). The molecular formula is C33H41N5O2. The molecule has 0 spiro atoms. The Bertz CT molecular complexity index is 1240. The van der Waals surface area contributed by atoms with Gasteiger partial charge in [0.2, 0.25) is 5.91 Å². The zero-order valence-electron chi connectivity index (χ0n) is 23.4. The zero-order valence-corrected chi connectivity index (χ0v) is 23.4. The van der Waals surface area contributed by atoms with Gasteiger partial charge in [-0.3, -0.25) is 19.5 Å². The average Bonchev–Trinajstić information content (AvgIpc) is 3.44. The quantitative estimate of drug-likeness (QED) is 0.427. The maximum absolute atomic E-state index is 13.7. The van der Waals surface area contributed by atoms with Crippen molar-refractivity contribution in [3.05, 3.63) is 101 Å². The van der Waals surface area contributed by atoms with Crippen molar-refractivity contribution in [3.63, 3.8) is 0 Å². The fraction of sp³-hybridized carbons (Fsp3) is 0.424. The summed E-state index contributed by atoms with van der Waals surface area (Å²) in [6.07, 6.45) is 8.36. The fourth-order valence-electron chi connectivity index (χ4n) is 6.00. The Labute approximate surface area is 237 Å². The van der Waals surface area contributed by atoms with Gasteiger partial charge in [-0.2, -0.15) is 0 Å². The minimum absolute atomic E-state index is 0.0566. The summed E-state index contributed by atoms with van der Waals surface area (Å²) in [6.45, 7) is 4.20. The fourth-order valence-corrected chi connectivity index (χ4v) is 6.00. The predicted molar refractivity (Wildman–Crippen MR) is 158 cm³/mol. The predicted octanol–water partition coefficient (Wildman–Crippen LogP) is 4.10. The standard InChI is InChI=1S/C33H41N5O2/c1-24-9-11-26(12-10-24)22-37(19-17-25-6-3-2-4-7-25)30-20-31(32(39)36-29-15-13-28(34)14-16-29)38(23-30)33(40)27-8-5-18-35-21-27/h2-12,18,21,28-31H,13-17,19-20,22-23,34H2,1H3,(H,36,39). The molecule has 1 saturated heterocycles. The van der Waals surface area contributed by atoms with E-state index in [1.54, 1.807) is 29.4 Å². The highest BCUT2D eigenvalue weighted by Gasteiger charge is 2.42. The molecule has 1 aliphatic heterocycles. The van der Waals surface area contributed by atoms with Crippen LogP contribution in [0, 0.1) is 6.92 Å². The van der Waals surface area contributed by atoms with E-state index in [0.29, 0.717) is 18.5 Å². The second-order valence-electron chi connectivity index (χ2n) is 11.4. The second kappa shape index (κ2) is 13.2. The van der Waals surface area contributed by atoms with E-state index in [1.807, 2.05) is 6.07 Å². The van der Waals surface area contributed by atoms with Gasteiger partial charge in [0, 0.05) is 50.2 Å². The van der Waals surface area contributed by atoms with Gasteiger partial charge in [0.15, 0.2) is 0 Å². The molecular weight excluding hydrogens is 498 g/mol. The number of nitrogens with two attached hydrogens (primary N) is 1. The number of pyridine rings is 1. The molecule has 7 heteroatoms.